The molecule has 0 spiro atoms. The number of carbonyl (C=O) groups excluding carboxylic acids is 1. The number of ether oxygens (including phenoxy) is 2. The molecule has 0 aliphatic carbocycles. The number of hydrogen-bond acceptors (Lipinski definition) is 5. The van der Waals surface area contributed by atoms with Gasteiger partial charge in [0, 0.05) is 31.3 Å². The van der Waals surface area contributed by atoms with E-state index in [1.165, 1.54) is 0 Å². The lowest BCUT2D eigenvalue weighted by atomic mass is 10.3. The van der Waals surface area contributed by atoms with Gasteiger partial charge in [0.2, 0.25) is 11.8 Å². The van der Waals surface area contributed by atoms with Crippen molar-refractivity contribution in [3.05, 3.63) is 17.6 Å². The van der Waals surface area contributed by atoms with Crippen molar-refractivity contribution in [3.63, 3.8) is 0 Å². The van der Waals surface area contributed by atoms with Gasteiger partial charge in [-0.3, -0.25) is 4.79 Å². The lowest BCUT2D eigenvalue weighted by Crippen LogP contribution is -2.33. The molecule has 1 atom stereocenters. The van der Waals surface area contributed by atoms with Gasteiger partial charge in [0.15, 0.2) is 0 Å². The van der Waals surface area contributed by atoms with Crippen molar-refractivity contribution in [1.29, 1.82) is 0 Å². The molecule has 1 aliphatic heterocycles. The Hall–Kier alpha value is -1.69. The topological polar surface area (TPSA) is 64.5 Å². The first-order valence-electron chi connectivity index (χ1n) is 6.93. The maximum absolute atomic E-state index is 11.8. The van der Waals surface area contributed by atoms with Crippen LogP contribution < -0.4 is 4.74 Å². The Bertz CT molecular complexity index is 458. The lowest BCUT2D eigenvalue weighted by molar-refractivity contribution is -0.135. The molecule has 6 heteroatoms. The van der Waals surface area contributed by atoms with E-state index in [4.69, 9.17) is 9.47 Å². The summed E-state index contributed by atoms with van der Waals surface area (Å²) in [5.41, 5.74) is 0.884. The predicted octanol–water partition coefficient (Wildman–Crippen LogP) is 1.11. The fourth-order valence-corrected chi connectivity index (χ4v) is 2.25. The third-order valence-corrected chi connectivity index (χ3v) is 3.16. The van der Waals surface area contributed by atoms with Crippen LogP contribution in [0.15, 0.2) is 6.07 Å². The molecular formula is C14H21N3O3. The van der Waals surface area contributed by atoms with Crippen molar-refractivity contribution in [2.75, 3.05) is 26.3 Å². The molecule has 20 heavy (non-hydrogen) atoms. The molecule has 1 aromatic rings. The van der Waals surface area contributed by atoms with E-state index in [0.717, 1.165) is 12.1 Å². The Kier molecular flexibility index (Phi) is 4.89. The number of hydrogen-bond donors (Lipinski definition) is 0. The molecule has 6 nitrogen and oxygen atoms in total. The third-order valence-electron chi connectivity index (χ3n) is 3.16. The molecule has 0 radical (unpaired) electrons. The van der Waals surface area contributed by atoms with Gasteiger partial charge in [0.05, 0.1) is 6.54 Å². The summed E-state index contributed by atoms with van der Waals surface area (Å²) in [6.45, 7) is 7.63. The van der Waals surface area contributed by atoms with E-state index < -0.39 is 0 Å². The Balaban J connectivity index is 1.88. The molecule has 0 unspecified atom stereocenters. The van der Waals surface area contributed by atoms with Crippen LogP contribution in [0, 0.1) is 13.8 Å². The van der Waals surface area contributed by atoms with Crippen LogP contribution in [0.1, 0.15) is 24.9 Å². The zero-order valence-corrected chi connectivity index (χ0v) is 12.3. The average Bonchev–Trinajstić information content (AvgIpc) is 2.83. The summed E-state index contributed by atoms with van der Waals surface area (Å²) in [5.74, 6) is 1.30. The van der Waals surface area contributed by atoms with E-state index in [1.54, 1.807) is 4.90 Å². The SMILES string of the molecule is CCOCC(=O)N1CC[C@H](Oc2cc(C)nc(C)n2)C1. The molecule has 1 amide bonds. The van der Waals surface area contributed by atoms with Crippen molar-refractivity contribution < 1.29 is 14.3 Å². The lowest BCUT2D eigenvalue weighted by Gasteiger charge is -2.17. The summed E-state index contributed by atoms with van der Waals surface area (Å²) >= 11 is 0. The summed E-state index contributed by atoms with van der Waals surface area (Å²) in [5, 5.41) is 0. The molecule has 2 heterocycles. The third kappa shape index (κ3) is 3.90. The molecule has 0 saturated carbocycles. The maximum Gasteiger partial charge on any atom is 0.248 e. The van der Waals surface area contributed by atoms with Gasteiger partial charge in [-0.15, -0.1) is 0 Å². The van der Waals surface area contributed by atoms with Crippen LogP contribution in [0.2, 0.25) is 0 Å². The highest BCUT2D eigenvalue weighted by Gasteiger charge is 2.27. The van der Waals surface area contributed by atoms with Crippen LogP contribution in [0.5, 0.6) is 5.88 Å². The fourth-order valence-electron chi connectivity index (χ4n) is 2.25. The first-order chi connectivity index (χ1) is 9.58. The second-order valence-corrected chi connectivity index (χ2v) is 4.90. The predicted molar refractivity (Wildman–Crippen MR) is 73.6 cm³/mol. The minimum absolute atomic E-state index is 0.00530. The highest BCUT2D eigenvalue weighted by Crippen LogP contribution is 2.17. The quantitative estimate of drug-likeness (QED) is 0.808. The van der Waals surface area contributed by atoms with Crippen LogP contribution in [-0.4, -0.2) is 53.2 Å². The van der Waals surface area contributed by atoms with Gasteiger partial charge in [-0.25, -0.2) is 4.98 Å². The largest absolute Gasteiger partial charge is 0.472 e. The van der Waals surface area contributed by atoms with Crippen molar-refractivity contribution >= 4 is 5.91 Å². The second-order valence-electron chi connectivity index (χ2n) is 4.90. The van der Waals surface area contributed by atoms with Crippen LogP contribution in [0.25, 0.3) is 0 Å². The highest BCUT2D eigenvalue weighted by atomic mass is 16.5. The monoisotopic (exact) mass is 279 g/mol. The van der Waals surface area contributed by atoms with Crippen LogP contribution in [0.3, 0.4) is 0 Å². The minimum Gasteiger partial charge on any atom is -0.472 e. The molecule has 1 saturated heterocycles. The summed E-state index contributed by atoms with van der Waals surface area (Å²) in [7, 11) is 0. The Morgan fingerprint density at radius 3 is 2.95 bits per heavy atom. The van der Waals surface area contributed by atoms with Crippen molar-refractivity contribution in [2.24, 2.45) is 0 Å². The van der Waals surface area contributed by atoms with Crippen LogP contribution in [0.4, 0.5) is 0 Å². The van der Waals surface area contributed by atoms with Gasteiger partial charge in [-0.1, -0.05) is 0 Å². The Labute approximate surface area is 119 Å². The summed E-state index contributed by atoms with van der Waals surface area (Å²) < 4.78 is 11.0. The van der Waals surface area contributed by atoms with Crippen molar-refractivity contribution in [3.8, 4) is 5.88 Å². The zero-order chi connectivity index (χ0) is 14.5. The van der Waals surface area contributed by atoms with Gasteiger partial charge in [0.25, 0.3) is 0 Å². The number of carbonyl (C=O) groups is 1. The van der Waals surface area contributed by atoms with E-state index in [-0.39, 0.29) is 18.6 Å². The molecule has 2 rings (SSSR count). The molecule has 1 aliphatic rings. The van der Waals surface area contributed by atoms with Crippen molar-refractivity contribution in [2.45, 2.75) is 33.3 Å². The van der Waals surface area contributed by atoms with E-state index in [9.17, 15) is 4.79 Å². The smallest absolute Gasteiger partial charge is 0.248 e. The minimum atomic E-state index is -0.00530. The highest BCUT2D eigenvalue weighted by molar-refractivity contribution is 5.77. The first-order valence-corrected chi connectivity index (χ1v) is 6.93. The second kappa shape index (κ2) is 6.65. The molecule has 0 N–H and O–H groups in total. The van der Waals surface area contributed by atoms with Gasteiger partial charge in [-0.2, -0.15) is 4.98 Å². The maximum atomic E-state index is 11.8. The van der Waals surface area contributed by atoms with Gasteiger partial charge in [-0.05, 0) is 20.8 Å². The average molecular weight is 279 g/mol. The van der Waals surface area contributed by atoms with Gasteiger partial charge >= 0.3 is 0 Å². The molecule has 1 aromatic heterocycles. The van der Waals surface area contributed by atoms with Gasteiger partial charge in [0.1, 0.15) is 18.5 Å². The summed E-state index contributed by atoms with van der Waals surface area (Å²) in [4.78, 5) is 22.1. The van der Waals surface area contributed by atoms with Crippen LogP contribution >= 0.6 is 0 Å². The molecule has 0 aromatic carbocycles. The number of likely N-dealkylation sites (tertiary alicyclic amines) is 1. The number of aromatic nitrogens is 2. The van der Waals surface area contributed by atoms with E-state index >= 15 is 0 Å². The summed E-state index contributed by atoms with van der Waals surface area (Å²) in [6, 6.07) is 1.82. The zero-order valence-electron chi connectivity index (χ0n) is 12.3. The molecular weight excluding hydrogens is 258 g/mol. The Morgan fingerprint density at radius 1 is 1.45 bits per heavy atom. The van der Waals surface area contributed by atoms with E-state index in [0.29, 0.717) is 31.4 Å². The molecule has 0 bridgehead atoms. The molecule has 1 fully saturated rings. The normalized spacial score (nSPS) is 18.4. The summed E-state index contributed by atoms with van der Waals surface area (Å²) in [6.07, 6.45) is 0.814. The molecule has 110 valence electrons. The number of amides is 1. The fraction of sp³-hybridized carbons (Fsp3) is 0.643. The Morgan fingerprint density at radius 2 is 2.25 bits per heavy atom. The number of nitrogens with zero attached hydrogens (tertiary/aromatic N) is 3. The number of aryl methyl sites for hydroxylation is 2. The first kappa shape index (κ1) is 14.7. The van der Waals surface area contributed by atoms with Gasteiger partial charge < -0.3 is 14.4 Å². The van der Waals surface area contributed by atoms with Crippen LogP contribution in [-0.2, 0) is 9.53 Å². The number of rotatable bonds is 5. The van der Waals surface area contributed by atoms with E-state index in [2.05, 4.69) is 9.97 Å². The standard InChI is InChI=1S/C14H21N3O3/c1-4-19-9-14(18)17-6-5-12(8-17)20-13-7-10(2)15-11(3)16-13/h7,12H,4-6,8-9H2,1-3H3/t12-/m0/s1. The van der Waals surface area contributed by atoms with E-state index in [1.807, 2.05) is 26.8 Å². The van der Waals surface area contributed by atoms with Crippen molar-refractivity contribution in [1.82, 2.24) is 14.9 Å².